The van der Waals surface area contributed by atoms with Gasteiger partial charge in [-0.2, -0.15) is 5.26 Å². The van der Waals surface area contributed by atoms with Crippen molar-refractivity contribution in [3.63, 3.8) is 0 Å². The van der Waals surface area contributed by atoms with Crippen LogP contribution in [0.3, 0.4) is 0 Å². The summed E-state index contributed by atoms with van der Waals surface area (Å²) in [5, 5.41) is 11.6. The molecule has 0 aliphatic rings. The van der Waals surface area contributed by atoms with E-state index in [1.807, 2.05) is 27.7 Å². The van der Waals surface area contributed by atoms with Crippen LogP contribution in [0.25, 0.3) is 0 Å². The smallest absolute Gasteiger partial charge is 0.239 e. The Kier molecular flexibility index (Phi) is 6.72. The third kappa shape index (κ3) is 4.80. The minimum atomic E-state index is -0.215. The summed E-state index contributed by atoms with van der Waals surface area (Å²) < 4.78 is 0. The van der Waals surface area contributed by atoms with E-state index in [1.165, 1.54) is 0 Å². The van der Waals surface area contributed by atoms with E-state index in [9.17, 15) is 4.79 Å². The molecule has 0 aliphatic heterocycles. The summed E-state index contributed by atoms with van der Waals surface area (Å²) in [6, 6.07) is 1.93. The fourth-order valence-corrected chi connectivity index (χ4v) is 1.50. The van der Waals surface area contributed by atoms with Crippen molar-refractivity contribution in [2.45, 2.75) is 46.2 Å². The van der Waals surface area contributed by atoms with E-state index in [2.05, 4.69) is 11.4 Å². The average Bonchev–Trinajstić information content (AvgIpc) is 2.19. The Labute approximate surface area is 92.3 Å². The lowest BCUT2D eigenvalue weighted by molar-refractivity contribution is -0.132. The van der Waals surface area contributed by atoms with Crippen LogP contribution in [0.1, 0.15) is 34.1 Å². The molecule has 1 N–H and O–H groups in total. The second-order valence-electron chi connectivity index (χ2n) is 3.66. The number of carbonyl (C=O) groups is 1. The molecular formula is C11H21N3O. The van der Waals surface area contributed by atoms with Gasteiger partial charge in [0.15, 0.2) is 0 Å². The maximum Gasteiger partial charge on any atom is 0.239 e. The van der Waals surface area contributed by atoms with Gasteiger partial charge in [0.1, 0.15) is 0 Å². The SMILES string of the molecule is CCN(CC)C(=O)C(C)NC(C)CC#N. The molecule has 0 radical (unpaired) electrons. The molecule has 0 aliphatic carbocycles. The van der Waals surface area contributed by atoms with Crippen LogP contribution in [-0.4, -0.2) is 36.0 Å². The quantitative estimate of drug-likeness (QED) is 0.716. The largest absolute Gasteiger partial charge is 0.342 e. The van der Waals surface area contributed by atoms with Crippen LogP contribution in [0.5, 0.6) is 0 Å². The van der Waals surface area contributed by atoms with Crippen molar-refractivity contribution in [3.05, 3.63) is 0 Å². The highest BCUT2D eigenvalue weighted by Gasteiger charge is 2.19. The molecule has 0 spiro atoms. The van der Waals surface area contributed by atoms with Crippen LogP contribution in [0.2, 0.25) is 0 Å². The zero-order valence-corrected chi connectivity index (χ0v) is 10.1. The van der Waals surface area contributed by atoms with Crippen LogP contribution in [0.15, 0.2) is 0 Å². The molecule has 4 heteroatoms. The van der Waals surface area contributed by atoms with Crippen molar-refractivity contribution in [2.24, 2.45) is 0 Å². The van der Waals surface area contributed by atoms with Gasteiger partial charge in [-0.3, -0.25) is 4.79 Å². The zero-order valence-electron chi connectivity index (χ0n) is 10.1. The van der Waals surface area contributed by atoms with Crippen LogP contribution in [0, 0.1) is 11.3 Å². The molecule has 2 unspecified atom stereocenters. The molecule has 0 aromatic carbocycles. The molecule has 86 valence electrons. The first-order valence-corrected chi connectivity index (χ1v) is 5.48. The van der Waals surface area contributed by atoms with Crippen LogP contribution in [-0.2, 0) is 4.79 Å². The van der Waals surface area contributed by atoms with E-state index in [0.29, 0.717) is 6.42 Å². The Balaban J connectivity index is 4.14. The van der Waals surface area contributed by atoms with Crippen molar-refractivity contribution in [2.75, 3.05) is 13.1 Å². The van der Waals surface area contributed by atoms with Gasteiger partial charge in [-0.1, -0.05) is 0 Å². The van der Waals surface area contributed by atoms with Crippen molar-refractivity contribution < 1.29 is 4.79 Å². The topological polar surface area (TPSA) is 56.1 Å². The molecule has 2 atom stereocenters. The Morgan fingerprint density at radius 2 is 1.93 bits per heavy atom. The normalized spacial score (nSPS) is 14.1. The predicted octanol–water partition coefficient (Wildman–Crippen LogP) is 1.14. The van der Waals surface area contributed by atoms with Gasteiger partial charge in [-0.15, -0.1) is 0 Å². The molecule has 0 aromatic rings. The molecule has 0 fully saturated rings. The van der Waals surface area contributed by atoms with Gasteiger partial charge in [-0.25, -0.2) is 0 Å². The Morgan fingerprint density at radius 1 is 1.40 bits per heavy atom. The number of hydrogen-bond donors (Lipinski definition) is 1. The van der Waals surface area contributed by atoms with Gasteiger partial charge < -0.3 is 10.2 Å². The Hall–Kier alpha value is -1.08. The Bertz CT molecular complexity index is 230. The standard InChI is InChI=1S/C11H21N3O/c1-5-14(6-2)11(15)10(4)13-9(3)7-8-12/h9-10,13H,5-7H2,1-4H3. The predicted molar refractivity (Wildman–Crippen MR) is 60.2 cm³/mol. The van der Waals surface area contributed by atoms with Crippen molar-refractivity contribution in [1.82, 2.24) is 10.2 Å². The van der Waals surface area contributed by atoms with Gasteiger partial charge in [-0.05, 0) is 27.7 Å². The van der Waals surface area contributed by atoms with Crippen molar-refractivity contribution in [1.29, 1.82) is 5.26 Å². The molecule has 0 rings (SSSR count). The second kappa shape index (κ2) is 7.24. The third-order valence-electron chi connectivity index (χ3n) is 2.38. The van der Waals surface area contributed by atoms with Crippen LogP contribution in [0.4, 0.5) is 0 Å². The molecule has 4 nitrogen and oxygen atoms in total. The number of nitriles is 1. The number of amides is 1. The maximum atomic E-state index is 11.8. The summed E-state index contributed by atoms with van der Waals surface area (Å²) in [6.07, 6.45) is 0.426. The summed E-state index contributed by atoms with van der Waals surface area (Å²) in [5.74, 6) is 0.102. The molecule has 0 saturated heterocycles. The maximum absolute atomic E-state index is 11.8. The first-order valence-electron chi connectivity index (χ1n) is 5.48. The van der Waals surface area contributed by atoms with E-state index in [0.717, 1.165) is 13.1 Å². The van der Waals surface area contributed by atoms with Gasteiger partial charge in [0.25, 0.3) is 0 Å². The number of likely N-dealkylation sites (N-methyl/N-ethyl adjacent to an activating group) is 1. The van der Waals surface area contributed by atoms with Crippen molar-refractivity contribution >= 4 is 5.91 Å². The summed E-state index contributed by atoms with van der Waals surface area (Å²) >= 11 is 0. The van der Waals surface area contributed by atoms with Gasteiger partial charge >= 0.3 is 0 Å². The minimum Gasteiger partial charge on any atom is -0.342 e. The lowest BCUT2D eigenvalue weighted by Gasteiger charge is -2.25. The summed E-state index contributed by atoms with van der Waals surface area (Å²) in [5.41, 5.74) is 0. The lowest BCUT2D eigenvalue weighted by atomic mass is 10.2. The van der Waals surface area contributed by atoms with Gasteiger partial charge in [0.2, 0.25) is 5.91 Å². The number of hydrogen-bond acceptors (Lipinski definition) is 3. The number of rotatable bonds is 6. The number of nitrogens with zero attached hydrogens (tertiary/aromatic N) is 2. The van der Waals surface area contributed by atoms with E-state index < -0.39 is 0 Å². The molecule has 0 heterocycles. The van der Waals surface area contributed by atoms with E-state index >= 15 is 0 Å². The fourth-order valence-electron chi connectivity index (χ4n) is 1.50. The van der Waals surface area contributed by atoms with E-state index in [4.69, 9.17) is 5.26 Å². The molecule has 1 amide bonds. The molecule has 0 bridgehead atoms. The van der Waals surface area contributed by atoms with Gasteiger partial charge in [0.05, 0.1) is 18.5 Å². The van der Waals surface area contributed by atoms with Gasteiger partial charge in [0, 0.05) is 19.1 Å². The summed E-state index contributed by atoms with van der Waals surface area (Å²) in [6.45, 7) is 9.14. The molecular weight excluding hydrogens is 190 g/mol. The summed E-state index contributed by atoms with van der Waals surface area (Å²) in [7, 11) is 0. The molecule has 0 saturated carbocycles. The first-order chi connectivity index (χ1) is 7.06. The zero-order chi connectivity index (χ0) is 11.8. The number of carbonyl (C=O) groups excluding carboxylic acids is 1. The third-order valence-corrected chi connectivity index (χ3v) is 2.38. The highest BCUT2D eigenvalue weighted by molar-refractivity contribution is 5.81. The molecule has 0 aromatic heterocycles. The fraction of sp³-hybridized carbons (Fsp3) is 0.818. The monoisotopic (exact) mass is 211 g/mol. The second-order valence-corrected chi connectivity index (χ2v) is 3.66. The first kappa shape index (κ1) is 13.9. The minimum absolute atomic E-state index is 0.0597. The van der Waals surface area contributed by atoms with Crippen LogP contribution >= 0.6 is 0 Å². The highest BCUT2D eigenvalue weighted by Crippen LogP contribution is 1.98. The average molecular weight is 211 g/mol. The van der Waals surface area contributed by atoms with E-state index in [1.54, 1.807) is 4.90 Å². The van der Waals surface area contributed by atoms with Crippen LogP contribution < -0.4 is 5.32 Å². The van der Waals surface area contributed by atoms with E-state index in [-0.39, 0.29) is 18.0 Å². The summed E-state index contributed by atoms with van der Waals surface area (Å²) in [4.78, 5) is 13.6. The number of nitrogens with one attached hydrogen (secondary N) is 1. The molecule has 15 heavy (non-hydrogen) atoms. The highest BCUT2D eigenvalue weighted by atomic mass is 16.2. The lowest BCUT2D eigenvalue weighted by Crippen LogP contribution is -2.47. The van der Waals surface area contributed by atoms with Crippen molar-refractivity contribution in [3.8, 4) is 6.07 Å². The Morgan fingerprint density at radius 3 is 2.33 bits per heavy atom.